The molecule has 1 aromatic heterocycles. The van der Waals surface area contributed by atoms with Gasteiger partial charge in [0.15, 0.2) is 0 Å². The van der Waals surface area contributed by atoms with Gasteiger partial charge in [-0.15, -0.1) is 0 Å². The van der Waals surface area contributed by atoms with E-state index in [1.807, 2.05) is 0 Å². The van der Waals surface area contributed by atoms with Crippen molar-refractivity contribution in [3.63, 3.8) is 0 Å². The number of aryl methyl sites for hydroxylation is 1. The van der Waals surface area contributed by atoms with Crippen molar-refractivity contribution in [1.29, 1.82) is 0 Å². The molecular weight excluding hydrogens is 314 g/mol. The Balaban J connectivity index is 1.93. The van der Waals surface area contributed by atoms with Crippen LogP contribution in [0.15, 0.2) is 78.9 Å². The third-order valence-corrected chi connectivity index (χ3v) is 4.92. The lowest BCUT2D eigenvalue weighted by molar-refractivity contribution is 0.867. The molecule has 0 N–H and O–H groups in total. The molecule has 0 amide bonds. The number of aromatic nitrogens is 1. The Labute approximate surface area is 155 Å². The Kier molecular flexibility index (Phi) is 4.30. The fourth-order valence-electron chi connectivity index (χ4n) is 3.38. The van der Waals surface area contributed by atoms with Crippen LogP contribution in [0, 0.1) is 6.92 Å². The van der Waals surface area contributed by atoms with Crippen molar-refractivity contribution in [2.45, 2.75) is 26.7 Å². The largest absolute Gasteiger partial charge is 0.248 e. The molecule has 3 aromatic carbocycles. The second-order valence-electron chi connectivity index (χ2n) is 7.22. The van der Waals surface area contributed by atoms with Gasteiger partial charge in [0.05, 0.1) is 11.2 Å². The first-order valence-corrected chi connectivity index (χ1v) is 9.19. The first-order chi connectivity index (χ1) is 12.6. The number of fused-ring (bicyclic) bond motifs is 1. The minimum absolute atomic E-state index is 0.538. The number of pyridine rings is 1. The summed E-state index contributed by atoms with van der Waals surface area (Å²) in [5.41, 5.74) is 8.30. The van der Waals surface area contributed by atoms with Crippen LogP contribution in [0.2, 0.25) is 0 Å². The van der Waals surface area contributed by atoms with E-state index in [-0.39, 0.29) is 0 Å². The Morgan fingerprint density at radius 1 is 0.731 bits per heavy atom. The number of benzene rings is 3. The van der Waals surface area contributed by atoms with E-state index in [9.17, 15) is 0 Å². The summed E-state index contributed by atoms with van der Waals surface area (Å²) in [7, 11) is 0. The molecule has 0 saturated heterocycles. The Bertz CT molecular complexity index is 1040. The van der Waals surface area contributed by atoms with Gasteiger partial charge >= 0.3 is 0 Å². The van der Waals surface area contributed by atoms with Gasteiger partial charge in [-0.2, -0.15) is 0 Å². The fourth-order valence-corrected chi connectivity index (χ4v) is 3.38. The standard InChI is InChI=1S/C25H23N/c1-17(2)19-10-12-21(13-11-19)25-16-22(20-7-5-4-6-8-20)23-15-18(3)9-14-24(23)26-25/h4-17H,1-3H3. The average molecular weight is 337 g/mol. The minimum Gasteiger partial charge on any atom is -0.248 e. The molecule has 0 unspecified atom stereocenters. The normalized spacial score (nSPS) is 11.2. The van der Waals surface area contributed by atoms with Gasteiger partial charge in [0.1, 0.15) is 0 Å². The van der Waals surface area contributed by atoms with Crippen LogP contribution in [-0.2, 0) is 0 Å². The van der Waals surface area contributed by atoms with Gasteiger partial charge in [-0.3, -0.25) is 0 Å². The van der Waals surface area contributed by atoms with Crippen LogP contribution in [0.4, 0.5) is 0 Å². The van der Waals surface area contributed by atoms with Gasteiger partial charge in [-0.1, -0.05) is 80.1 Å². The fraction of sp³-hybridized carbons (Fsp3) is 0.160. The zero-order valence-electron chi connectivity index (χ0n) is 15.5. The first-order valence-electron chi connectivity index (χ1n) is 9.19. The first kappa shape index (κ1) is 16.5. The van der Waals surface area contributed by atoms with Crippen LogP contribution in [0.25, 0.3) is 33.3 Å². The van der Waals surface area contributed by atoms with Crippen molar-refractivity contribution >= 4 is 10.9 Å². The summed E-state index contributed by atoms with van der Waals surface area (Å²) in [5, 5.41) is 1.21. The predicted octanol–water partition coefficient (Wildman–Crippen LogP) is 7.00. The number of hydrogen-bond donors (Lipinski definition) is 0. The summed E-state index contributed by atoms with van der Waals surface area (Å²) < 4.78 is 0. The molecule has 1 nitrogen and oxygen atoms in total. The highest BCUT2D eigenvalue weighted by molar-refractivity contribution is 5.97. The van der Waals surface area contributed by atoms with E-state index >= 15 is 0 Å². The number of nitrogens with zero attached hydrogens (tertiary/aromatic N) is 1. The Morgan fingerprint density at radius 2 is 1.46 bits per heavy atom. The second kappa shape index (κ2) is 6.76. The van der Waals surface area contributed by atoms with Crippen LogP contribution < -0.4 is 0 Å². The van der Waals surface area contributed by atoms with Gasteiger partial charge in [-0.25, -0.2) is 4.98 Å². The molecule has 0 radical (unpaired) electrons. The van der Waals surface area contributed by atoms with Gasteiger partial charge in [0.2, 0.25) is 0 Å². The van der Waals surface area contributed by atoms with Gasteiger partial charge in [-0.05, 0) is 47.7 Å². The van der Waals surface area contributed by atoms with E-state index in [1.54, 1.807) is 0 Å². The number of rotatable bonds is 3. The highest BCUT2D eigenvalue weighted by atomic mass is 14.7. The Morgan fingerprint density at radius 3 is 2.15 bits per heavy atom. The predicted molar refractivity (Wildman–Crippen MR) is 111 cm³/mol. The molecule has 0 aliphatic carbocycles. The highest BCUT2D eigenvalue weighted by Gasteiger charge is 2.10. The zero-order chi connectivity index (χ0) is 18.1. The van der Waals surface area contributed by atoms with Crippen molar-refractivity contribution in [2.75, 3.05) is 0 Å². The summed E-state index contributed by atoms with van der Waals surface area (Å²) in [5.74, 6) is 0.538. The van der Waals surface area contributed by atoms with Gasteiger partial charge < -0.3 is 0 Å². The smallest absolute Gasteiger partial charge is 0.0715 e. The van der Waals surface area contributed by atoms with E-state index in [1.165, 1.54) is 27.6 Å². The minimum atomic E-state index is 0.538. The lowest BCUT2D eigenvalue weighted by atomic mass is 9.96. The molecule has 128 valence electrons. The molecule has 1 heterocycles. The molecular formula is C25H23N. The van der Waals surface area contributed by atoms with Crippen molar-refractivity contribution in [3.8, 4) is 22.4 Å². The molecule has 0 aliphatic heterocycles. The summed E-state index contributed by atoms with van der Waals surface area (Å²) in [4.78, 5) is 4.95. The van der Waals surface area contributed by atoms with Crippen LogP contribution >= 0.6 is 0 Å². The maximum atomic E-state index is 4.95. The van der Waals surface area contributed by atoms with E-state index in [0.29, 0.717) is 5.92 Å². The lowest BCUT2D eigenvalue weighted by Crippen LogP contribution is -1.92. The van der Waals surface area contributed by atoms with Crippen LogP contribution in [0.3, 0.4) is 0 Å². The van der Waals surface area contributed by atoms with Crippen LogP contribution in [-0.4, -0.2) is 4.98 Å². The van der Waals surface area contributed by atoms with E-state index in [4.69, 9.17) is 4.98 Å². The molecule has 1 heteroatoms. The topological polar surface area (TPSA) is 12.9 Å². The third kappa shape index (κ3) is 3.13. The van der Waals surface area contributed by atoms with Gasteiger partial charge in [0.25, 0.3) is 0 Å². The van der Waals surface area contributed by atoms with Crippen molar-refractivity contribution in [1.82, 2.24) is 4.98 Å². The maximum absolute atomic E-state index is 4.95. The average Bonchev–Trinajstić information content (AvgIpc) is 2.68. The maximum Gasteiger partial charge on any atom is 0.0715 e. The van der Waals surface area contributed by atoms with Gasteiger partial charge in [0, 0.05) is 10.9 Å². The zero-order valence-corrected chi connectivity index (χ0v) is 15.5. The van der Waals surface area contributed by atoms with E-state index in [2.05, 4.69) is 99.6 Å². The third-order valence-electron chi connectivity index (χ3n) is 4.92. The molecule has 0 saturated carbocycles. The molecule has 0 atom stereocenters. The summed E-state index contributed by atoms with van der Waals surface area (Å²) in [6.07, 6.45) is 0. The monoisotopic (exact) mass is 337 g/mol. The molecule has 0 fully saturated rings. The Hall–Kier alpha value is -2.93. The second-order valence-corrected chi connectivity index (χ2v) is 7.22. The summed E-state index contributed by atoms with van der Waals surface area (Å²) >= 11 is 0. The quantitative estimate of drug-likeness (QED) is 0.392. The van der Waals surface area contributed by atoms with Crippen molar-refractivity contribution in [2.24, 2.45) is 0 Å². The summed E-state index contributed by atoms with van der Waals surface area (Å²) in [6.45, 7) is 6.57. The molecule has 0 bridgehead atoms. The number of hydrogen-bond acceptors (Lipinski definition) is 1. The SMILES string of the molecule is Cc1ccc2nc(-c3ccc(C(C)C)cc3)cc(-c3ccccc3)c2c1. The molecule has 4 rings (SSSR count). The van der Waals surface area contributed by atoms with Crippen molar-refractivity contribution < 1.29 is 0 Å². The summed E-state index contributed by atoms with van der Waals surface area (Å²) in [6, 6.07) is 28.1. The molecule has 26 heavy (non-hydrogen) atoms. The van der Waals surface area contributed by atoms with Crippen LogP contribution in [0.5, 0.6) is 0 Å². The highest BCUT2D eigenvalue weighted by Crippen LogP contribution is 2.33. The van der Waals surface area contributed by atoms with Crippen molar-refractivity contribution in [3.05, 3.63) is 90.0 Å². The van der Waals surface area contributed by atoms with Crippen LogP contribution in [0.1, 0.15) is 30.9 Å². The lowest BCUT2D eigenvalue weighted by Gasteiger charge is -2.12. The molecule has 0 aliphatic rings. The van der Waals surface area contributed by atoms with E-state index in [0.717, 1.165) is 16.8 Å². The van der Waals surface area contributed by atoms with E-state index < -0.39 is 0 Å². The molecule has 0 spiro atoms. The molecule has 4 aromatic rings.